The summed E-state index contributed by atoms with van der Waals surface area (Å²) >= 11 is 0. The molecule has 0 spiro atoms. The normalized spacial score (nSPS) is 20.2. The Morgan fingerprint density at radius 3 is 2.19 bits per heavy atom. The first kappa shape index (κ1) is 14.1. The third-order valence-electron chi connectivity index (χ3n) is 2.93. The minimum Gasteiger partial charge on any atom is -0.352 e. The maximum Gasteiger partial charge on any atom is 0.168 e. The lowest BCUT2D eigenvalue weighted by Crippen LogP contribution is -2.30. The zero-order valence-electron chi connectivity index (χ0n) is 10.4. The fourth-order valence-electron chi connectivity index (χ4n) is 2.11. The molecule has 4 heteroatoms. The van der Waals surface area contributed by atoms with Gasteiger partial charge in [-0.05, 0) is 26.7 Å². The molecule has 0 heterocycles. The van der Waals surface area contributed by atoms with Gasteiger partial charge in [0, 0.05) is 29.3 Å². The van der Waals surface area contributed by atoms with Crippen molar-refractivity contribution in [2.75, 3.05) is 19.0 Å². The van der Waals surface area contributed by atoms with Gasteiger partial charge >= 0.3 is 0 Å². The van der Waals surface area contributed by atoms with Crippen molar-refractivity contribution in [1.82, 2.24) is 0 Å². The van der Waals surface area contributed by atoms with Crippen LogP contribution in [-0.4, -0.2) is 34.7 Å². The van der Waals surface area contributed by atoms with Crippen molar-refractivity contribution in [2.24, 2.45) is 0 Å². The lowest BCUT2D eigenvalue weighted by atomic mass is 10.0. The Hall–Kier alpha value is 0.0700. The molecule has 16 heavy (non-hydrogen) atoms. The summed E-state index contributed by atoms with van der Waals surface area (Å²) in [4.78, 5) is 0. The fraction of sp³-hybridized carbons (Fsp3) is 1.00. The van der Waals surface area contributed by atoms with E-state index in [1.165, 1.54) is 19.3 Å². The van der Waals surface area contributed by atoms with Crippen molar-refractivity contribution in [3.8, 4) is 0 Å². The van der Waals surface area contributed by atoms with E-state index in [0.717, 1.165) is 12.8 Å². The predicted octanol–water partition coefficient (Wildman–Crippen LogP) is 2.47. The number of hydrogen-bond acceptors (Lipinski definition) is 3. The maximum atomic E-state index is 12.1. The van der Waals surface area contributed by atoms with Crippen molar-refractivity contribution >= 4 is 10.8 Å². The lowest BCUT2D eigenvalue weighted by molar-refractivity contribution is -0.120. The molecule has 0 bridgehead atoms. The summed E-state index contributed by atoms with van der Waals surface area (Å²) in [7, 11) is -0.790. The van der Waals surface area contributed by atoms with E-state index in [4.69, 9.17) is 9.47 Å². The molecule has 1 fully saturated rings. The molecular formula is C12H24O3S. The molecule has 96 valence electrons. The third kappa shape index (κ3) is 4.93. The van der Waals surface area contributed by atoms with Crippen LogP contribution in [0.4, 0.5) is 0 Å². The van der Waals surface area contributed by atoms with Gasteiger partial charge in [0.2, 0.25) is 0 Å². The second-order valence-electron chi connectivity index (χ2n) is 4.15. The second-order valence-corrected chi connectivity index (χ2v) is 5.91. The Balaban J connectivity index is 2.33. The molecule has 1 aliphatic rings. The highest BCUT2D eigenvalue weighted by Crippen LogP contribution is 2.22. The maximum absolute atomic E-state index is 12.1. The van der Waals surface area contributed by atoms with Crippen LogP contribution in [-0.2, 0) is 20.3 Å². The van der Waals surface area contributed by atoms with Gasteiger partial charge < -0.3 is 9.47 Å². The van der Waals surface area contributed by atoms with Gasteiger partial charge in [-0.25, -0.2) is 0 Å². The molecule has 0 saturated heterocycles. The molecule has 3 nitrogen and oxygen atoms in total. The molecule has 1 rings (SSSR count). The molecule has 1 unspecified atom stereocenters. The van der Waals surface area contributed by atoms with Crippen LogP contribution in [0.2, 0.25) is 0 Å². The molecule has 1 saturated carbocycles. The summed E-state index contributed by atoms with van der Waals surface area (Å²) in [5.74, 6) is 0.534. The van der Waals surface area contributed by atoms with E-state index >= 15 is 0 Å². The van der Waals surface area contributed by atoms with Gasteiger partial charge in [0.25, 0.3) is 0 Å². The Bertz CT molecular complexity index is 196. The monoisotopic (exact) mass is 248 g/mol. The van der Waals surface area contributed by atoms with Crippen LogP contribution in [0.5, 0.6) is 0 Å². The van der Waals surface area contributed by atoms with Gasteiger partial charge in [-0.1, -0.05) is 19.3 Å². The van der Waals surface area contributed by atoms with Gasteiger partial charge in [-0.3, -0.25) is 4.21 Å². The van der Waals surface area contributed by atoms with Crippen LogP contribution in [0.1, 0.15) is 46.0 Å². The molecule has 1 atom stereocenters. The predicted molar refractivity (Wildman–Crippen MR) is 66.9 cm³/mol. The summed E-state index contributed by atoms with van der Waals surface area (Å²) in [5, 5.41) is 0.372. The molecule has 0 aromatic carbocycles. The highest BCUT2D eigenvalue weighted by atomic mass is 32.2. The lowest BCUT2D eigenvalue weighted by Gasteiger charge is -2.23. The van der Waals surface area contributed by atoms with Gasteiger partial charge in [0.1, 0.15) is 0 Å². The van der Waals surface area contributed by atoms with Crippen molar-refractivity contribution < 1.29 is 13.7 Å². The van der Waals surface area contributed by atoms with E-state index in [-0.39, 0.29) is 6.29 Å². The topological polar surface area (TPSA) is 35.5 Å². The van der Waals surface area contributed by atoms with Gasteiger partial charge in [-0.15, -0.1) is 0 Å². The summed E-state index contributed by atoms with van der Waals surface area (Å²) in [6.45, 7) is 5.12. The highest BCUT2D eigenvalue weighted by Gasteiger charge is 2.23. The third-order valence-corrected chi connectivity index (χ3v) is 4.75. The Kier molecular flexibility index (Phi) is 7.25. The largest absolute Gasteiger partial charge is 0.352 e. The second kappa shape index (κ2) is 8.20. The minimum atomic E-state index is -0.790. The SMILES string of the molecule is CCOC(CS(=O)C1CCCCC1)OCC. The Labute approximate surface area is 101 Å². The number of rotatable bonds is 7. The summed E-state index contributed by atoms with van der Waals surface area (Å²) in [6, 6.07) is 0. The van der Waals surface area contributed by atoms with E-state index in [0.29, 0.717) is 24.2 Å². The molecule has 0 amide bonds. The average molecular weight is 248 g/mol. The Morgan fingerprint density at radius 1 is 1.12 bits per heavy atom. The van der Waals surface area contributed by atoms with Crippen LogP contribution in [0.25, 0.3) is 0 Å². The van der Waals surface area contributed by atoms with E-state index in [1.54, 1.807) is 0 Å². The van der Waals surface area contributed by atoms with Crippen LogP contribution in [0.3, 0.4) is 0 Å². The molecule has 0 N–H and O–H groups in total. The summed E-state index contributed by atoms with van der Waals surface area (Å²) < 4.78 is 23.0. The zero-order valence-corrected chi connectivity index (χ0v) is 11.3. The molecule has 0 aromatic rings. The van der Waals surface area contributed by atoms with Crippen LogP contribution in [0.15, 0.2) is 0 Å². The first-order chi connectivity index (χ1) is 7.77. The summed E-state index contributed by atoms with van der Waals surface area (Å²) in [6.07, 6.45) is 5.69. The first-order valence-corrected chi connectivity index (χ1v) is 7.76. The van der Waals surface area contributed by atoms with Gasteiger partial charge in [0.05, 0.1) is 5.75 Å². The quantitative estimate of drug-likeness (QED) is 0.649. The molecular weight excluding hydrogens is 224 g/mol. The number of hydrogen-bond donors (Lipinski definition) is 0. The van der Waals surface area contributed by atoms with Crippen molar-refractivity contribution in [3.05, 3.63) is 0 Å². The van der Waals surface area contributed by atoms with Crippen LogP contribution in [0, 0.1) is 0 Å². The average Bonchev–Trinajstić information content (AvgIpc) is 2.31. The Morgan fingerprint density at radius 2 is 1.69 bits per heavy atom. The first-order valence-electron chi connectivity index (χ1n) is 6.38. The molecule has 0 radical (unpaired) electrons. The van der Waals surface area contributed by atoms with E-state index < -0.39 is 10.8 Å². The highest BCUT2D eigenvalue weighted by molar-refractivity contribution is 7.85. The van der Waals surface area contributed by atoms with Crippen LogP contribution < -0.4 is 0 Å². The van der Waals surface area contributed by atoms with Gasteiger partial charge in [-0.2, -0.15) is 0 Å². The van der Waals surface area contributed by atoms with E-state index in [9.17, 15) is 4.21 Å². The smallest absolute Gasteiger partial charge is 0.168 e. The number of ether oxygens (including phenoxy) is 2. The summed E-state index contributed by atoms with van der Waals surface area (Å²) in [5.41, 5.74) is 0. The van der Waals surface area contributed by atoms with E-state index in [2.05, 4.69) is 0 Å². The van der Waals surface area contributed by atoms with Crippen molar-refractivity contribution in [2.45, 2.75) is 57.5 Å². The minimum absolute atomic E-state index is 0.280. The van der Waals surface area contributed by atoms with Crippen molar-refractivity contribution in [1.29, 1.82) is 0 Å². The van der Waals surface area contributed by atoms with Gasteiger partial charge in [0.15, 0.2) is 6.29 Å². The molecule has 0 aromatic heterocycles. The van der Waals surface area contributed by atoms with Crippen molar-refractivity contribution in [3.63, 3.8) is 0 Å². The standard InChI is InChI=1S/C12H24O3S/c1-3-14-12(15-4-2)10-16(13)11-8-6-5-7-9-11/h11-12H,3-10H2,1-2H3. The molecule has 0 aliphatic heterocycles. The van der Waals surface area contributed by atoms with E-state index in [1.807, 2.05) is 13.8 Å². The van der Waals surface area contributed by atoms with Crippen LogP contribution >= 0.6 is 0 Å². The fourth-order valence-corrected chi connectivity index (χ4v) is 3.71. The zero-order chi connectivity index (χ0) is 11.8. The molecule has 1 aliphatic carbocycles.